The maximum Gasteiger partial charge on any atom is 0.227 e. The minimum Gasteiger partial charge on any atom is -0.493 e. The van der Waals surface area contributed by atoms with Gasteiger partial charge < -0.3 is 14.8 Å². The van der Waals surface area contributed by atoms with Crippen LogP contribution in [-0.2, 0) is 24.8 Å². The van der Waals surface area contributed by atoms with Crippen LogP contribution in [0.1, 0.15) is 16.8 Å². The lowest BCUT2D eigenvalue weighted by Crippen LogP contribution is -2.37. The SMILES string of the molecule is COc1cccc2c1OC[C@H](C(=O)NCc1nn(C)c3ccc(C)cc13)C2. The van der Waals surface area contributed by atoms with Crippen LogP contribution in [0.2, 0.25) is 0 Å². The number of fused-ring (bicyclic) bond motifs is 2. The third-order valence-electron chi connectivity index (χ3n) is 5.06. The fourth-order valence-electron chi connectivity index (χ4n) is 3.62. The van der Waals surface area contributed by atoms with Gasteiger partial charge in [0.2, 0.25) is 5.91 Å². The van der Waals surface area contributed by atoms with Crippen molar-refractivity contribution in [2.24, 2.45) is 13.0 Å². The van der Waals surface area contributed by atoms with E-state index in [-0.39, 0.29) is 11.8 Å². The van der Waals surface area contributed by atoms with E-state index in [1.54, 1.807) is 7.11 Å². The first-order chi connectivity index (χ1) is 13.1. The molecule has 6 nitrogen and oxygen atoms in total. The fourth-order valence-corrected chi connectivity index (χ4v) is 3.62. The Morgan fingerprint density at radius 2 is 2.22 bits per heavy atom. The minimum atomic E-state index is -0.221. The quantitative estimate of drug-likeness (QED) is 0.772. The Bertz CT molecular complexity index is 1010. The van der Waals surface area contributed by atoms with Gasteiger partial charge in [-0.15, -0.1) is 0 Å². The summed E-state index contributed by atoms with van der Waals surface area (Å²) in [7, 11) is 3.54. The molecule has 0 radical (unpaired) electrons. The van der Waals surface area contributed by atoms with E-state index in [1.807, 2.05) is 29.9 Å². The molecule has 27 heavy (non-hydrogen) atoms. The Kier molecular flexibility index (Phi) is 4.48. The minimum absolute atomic E-state index is 0.0186. The Hall–Kier alpha value is -3.02. The summed E-state index contributed by atoms with van der Waals surface area (Å²) in [5, 5.41) is 8.66. The molecular formula is C21H23N3O3. The summed E-state index contributed by atoms with van der Waals surface area (Å²) >= 11 is 0. The molecule has 6 heteroatoms. The van der Waals surface area contributed by atoms with Crippen molar-refractivity contribution < 1.29 is 14.3 Å². The predicted octanol–water partition coefficient (Wildman–Crippen LogP) is 2.76. The number of carbonyl (C=O) groups is 1. The average Bonchev–Trinajstić information content (AvgIpc) is 3.00. The van der Waals surface area contributed by atoms with E-state index in [9.17, 15) is 4.79 Å². The second kappa shape index (κ2) is 6.95. The van der Waals surface area contributed by atoms with Gasteiger partial charge in [-0.2, -0.15) is 5.10 Å². The second-order valence-corrected chi connectivity index (χ2v) is 6.97. The molecule has 1 aliphatic rings. The van der Waals surface area contributed by atoms with Crippen LogP contribution in [0.3, 0.4) is 0 Å². The number of amides is 1. The van der Waals surface area contributed by atoms with E-state index in [0.29, 0.717) is 25.3 Å². The molecule has 0 unspecified atom stereocenters. The normalized spacial score (nSPS) is 15.9. The number of nitrogens with one attached hydrogen (secondary N) is 1. The van der Waals surface area contributed by atoms with E-state index in [0.717, 1.165) is 27.9 Å². The number of nitrogens with zero attached hydrogens (tertiary/aromatic N) is 2. The molecule has 0 aliphatic carbocycles. The summed E-state index contributed by atoms with van der Waals surface area (Å²) in [5.41, 5.74) is 4.11. The van der Waals surface area contributed by atoms with E-state index >= 15 is 0 Å². The zero-order chi connectivity index (χ0) is 19.0. The number of carbonyl (C=O) groups excluding carboxylic acids is 1. The lowest BCUT2D eigenvalue weighted by molar-refractivity contribution is -0.126. The summed E-state index contributed by atoms with van der Waals surface area (Å²) in [6.07, 6.45) is 0.639. The van der Waals surface area contributed by atoms with Crippen LogP contribution in [0.4, 0.5) is 0 Å². The van der Waals surface area contributed by atoms with Crippen molar-refractivity contribution in [2.45, 2.75) is 19.9 Å². The molecule has 3 aromatic rings. The molecule has 0 fully saturated rings. The van der Waals surface area contributed by atoms with Crippen LogP contribution in [0, 0.1) is 12.8 Å². The molecule has 1 amide bonds. The highest BCUT2D eigenvalue weighted by atomic mass is 16.5. The molecule has 0 spiro atoms. The molecule has 0 saturated heterocycles. The van der Waals surface area contributed by atoms with Gasteiger partial charge in [0.25, 0.3) is 0 Å². The van der Waals surface area contributed by atoms with Crippen molar-refractivity contribution >= 4 is 16.8 Å². The molecule has 2 heterocycles. The van der Waals surface area contributed by atoms with Gasteiger partial charge in [-0.25, -0.2) is 0 Å². The number of rotatable bonds is 4. The highest BCUT2D eigenvalue weighted by Crippen LogP contribution is 2.36. The van der Waals surface area contributed by atoms with Crippen molar-refractivity contribution in [1.82, 2.24) is 15.1 Å². The van der Waals surface area contributed by atoms with Crippen LogP contribution < -0.4 is 14.8 Å². The maximum absolute atomic E-state index is 12.7. The van der Waals surface area contributed by atoms with E-state index in [4.69, 9.17) is 9.47 Å². The number of benzene rings is 2. The van der Waals surface area contributed by atoms with Crippen molar-refractivity contribution in [3.63, 3.8) is 0 Å². The summed E-state index contributed by atoms with van der Waals surface area (Å²) in [5.74, 6) is 1.22. The standard InChI is InChI=1S/C21H23N3O3/c1-13-7-8-18-16(9-13)17(23-24(18)2)11-22-21(25)15-10-14-5-4-6-19(26-3)20(14)27-12-15/h4-9,15H,10-12H2,1-3H3,(H,22,25)/t15-/m1/s1. The molecule has 0 bridgehead atoms. The number of aryl methyl sites for hydroxylation is 2. The molecule has 1 aliphatic heterocycles. The third-order valence-corrected chi connectivity index (χ3v) is 5.06. The highest BCUT2D eigenvalue weighted by molar-refractivity contribution is 5.84. The Balaban J connectivity index is 1.47. The van der Waals surface area contributed by atoms with Crippen molar-refractivity contribution in [3.05, 3.63) is 53.2 Å². The van der Waals surface area contributed by atoms with Crippen LogP contribution in [0.25, 0.3) is 10.9 Å². The first-order valence-corrected chi connectivity index (χ1v) is 9.05. The first-order valence-electron chi connectivity index (χ1n) is 9.05. The van der Waals surface area contributed by atoms with Crippen LogP contribution >= 0.6 is 0 Å². The summed E-state index contributed by atoms with van der Waals surface area (Å²) in [4.78, 5) is 12.7. The molecule has 1 N–H and O–H groups in total. The Morgan fingerprint density at radius 1 is 1.37 bits per heavy atom. The monoisotopic (exact) mass is 365 g/mol. The number of aromatic nitrogens is 2. The van der Waals surface area contributed by atoms with Gasteiger partial charge in [-0.3, -0.25) is 9.48 Å². The van der Waals surface area contributed by atoms with Gasteiger partial charge >= 0.3 is 0 Å². The maximum atomic E-state index is 12.7. The van der Waals surface area contributed by atoms with Crippen LogP contribution in [0.5, 0.6) is 11.5 Å². The molecule has 140 valence electrons. The highest BCUT2D eigenvalue weighted by Gasteiger charge is 2.28. The van der Waals surface area contributed by atoms with Crippen molar-refractivity contribution in [2.75, 3.05) is 13.7 Å². The van der Waals surface area contributed by atoms with Crippen molar-refractivity contribution in [1.29, 1.82) is 0 Å². The number of ether oxygens (including phenoxy) is 2. The molecule has 1 aromatic heterocycles. The molecule has 1 atom stereocenters. The molecule has 2 aromatic carbocycles. The van der Waals surface area contributed by atoms with Gasteiger partial charge in [-0.1, -0.05) is 23.8 Å². The second-order valence-electron chi connectivity index (χ2n) is 6.97. The number of hydrogen-bond acceptors (Lipinski definition) is 4. The van der Waals surface area contributed by atoms with Gasteiger partial charge in [0.1, 0.15) is 6.61 Å². The summed E-state index contributed by atoms with van der Waals surface area (Å²) in [6.45, 7) is 2.81. The van der Waals surface area contributed by atoms with Gasteiger partial charge in [-0.05, 0) is 37.1 Å². The van der Waals surface area contributed by atoms with E-state index in [1.165, 1.54) is 5.56 Å². The smallest absolute Gasteiger partial charge is 0.227 e. The topological polar surface area (TPSA) is 65.4 Å². The Labute approximate surface area is 158 Å². The Morgan fingerprint density at radius 3 is 3.04 bits per heavy atom. The molecule has 4 rings (SSSR count). The zero-order valence-corrected chi connectivity index (χ0v) is 15.8. The van der Waals surface area contributed by atoms with Gasteiger partial charge in [0.05, 0.1) is 30.8 Å². The van der Waals surface area contributed by atoms with Gasteiger partial charge in [0, 0.05) is 12.4 Å². The number of para-hydroxylation sites is 1. The average molecular weight is 365 g/mol. The molecule has 0 saturated carbocycles. The lowest BCUT2D eigenvalue weighted by Gasteiger charge is -2.25. The van der Waals surface area contributed by atoms with E-state index in [2.05, 4.69) is 35.5 Å². The summed E-state index contributed by atoms with van der Waals surface area (Å²) < 4.78 is 13.0. The number of methoxy groups -OCH3 is 1. The third kappa shape index (κ3) is 3.23. The molecular weight excluding hydrogens is 342 g/mol. The van der Waals surface area contributed by atoms with Crippen molar-refractivity contribution in [3.8, 4) is 11.5 Å². The van der Waals surface area contributed by atoms with E-state index < -0.39 is 0 Å². The number of hydrogen-bond donors (Lipinski definition) is 1. The van der Waals surface area contributed by atoms with Crippen LogP contribution in [0.15, 0.2) is 36.4 Å². The van der Waals surface area contributed by atoms with Crippen LogP contribution in [-0.4, -0.2) is 29.4 Å². The fraction of sp³-hybridized carbons (Fsp3) is 0.333. The van der Waals surface area contributed by atoms with Gasteiger partial charge in [0.15, 0.2) is 11.5 Å². The lowest BCUT2D eigenvalue weighted by atomic mass is 9.95. The zero-order valence-electron chi connectivity index (χ0n) is 15.8. The predicted molar refractivity (Wildman–Crippen MR) is 103 cm³/mol. The first kappa shape index (κ1) is 17.4. The largest absolute Gasteiger partial charge is 0.493 e. The summed E-state index contributed by atoms with van der Waals surface area (Å²) in [6, 6.07) is 12.0.